The van der Waals surface area contributed by atoms with Gasteiger partial charge in [0.05, 0.1) is 5.54 Å². The van der Waals surface area contributed by atoms with Crippen molar-refractivity contribution in [2.75, 3.05) is 25.0 Å². The van der Waals surface area contributed by atoms with Crippen molar-refractivity contribution in [3.63, 3.8) is 0 Å². The van der Waals surface area contributed by atoms with Gasteiger partial charge in [0.1, 0.15) is 0 Å². The molecule has 9 heteroatoms. The Morgan fingerprint density at radius 2 is 1.97 bits per heavy atom. The Bertz CT molecular complexity index is 962. The molecule has 31 heavy (non-hydrogen) atoms. The van der Waals surface area contributed by atoms with Crippen molar-refractivity contribution >= 4 is 28.4 Å². The predicted molar refractivity (Wildman–Crippen MR) is 121 cm³/mol. The molecular formula is C22H30N6O2S. The molecule has 0 aliphatic carbocycles. The van der Waals surface area contributed by atoms with Crippen molar-refractivity contribution in [1.82, 2.24) is 25.1 Å². The third kappa shape index (κ3) is 4.88. The Morgan fingerprint density at radius 3 is 2.61 bits per heavy atom. The molecule has 2 aliphatic heterocycles. The van der Waals surface area contributed by atoms with Gasteiger partial charge in [-0.05, 0) is 51.3 Å². The van der Waals surface area contributed by atoms with Gasteiger partial charge in [-0.3, -0.25) is 14.7 Å². The molecule has 2 aromatic rings. The number of thiazole rings is 1. The lowest BCUT2D eigenvalue weighted by Gasteiger charge is -2.41. The van der Waals surface area contributed by atoms with E-state index in [1.807, 2.05) is 24.9 Å². The van der Waals surface area contributed by atoms with Crippen LogP contribution < -0.4 is 10.6 Å². The minimum Gasteiger partial charge on any atom is -0.331 e. The summed E-state index contributed by atoms with van der Waals surface area (Å²) in [4.78, 5) is 38.2. The third-order valence-corrected chi connectivity index (χ3v) is 7.27. The first kappa shape index (κ1) is 21.7. The summed E-state index contributed by atoms with van der Waals surface area (Å²) < 4.78 is 0. The maximum absolute atomic E-state index is 12.7. The number of piperidine rings is 1. The Labute approximate surface area is 187 Å². The number of hydrogen-bond donors (Lipinski definition) is 2. The molecule has 2 aliphatic rings. The molecule has 0 bridgehead atoms. The SMILES string of the molecule is CC(=O)Nc1ncc([C@H](C)N2CCC3(CC2)CN(Cc2cc(C)nc(C)c2)C(=O)N3)s1. The topological polar surface area (TPSA) is 90.5 Å². The van der Waals surface area contributed by atoms with Crippen LogP contribution in [-0.4, -0.2) is 56.9 Å². The number of hydrogen-bond acceptors (Lipinski definition) is 6. The van der Waals surface area contributed by atoms with Crippen LogP contribution in [0.1, 0.15) is 54.6 Å². The smallest absolute Gasteiger partial charge is 0.318 e. The number of anilines is 1. The number of carbonyl (C=O) groups is 2. The van der Waals surface area contributed by atoms with Crippen LogP contribution in [0.3, 0.4) is 0 Å². The average molecular weight is 443 g/mol. The van der Waals surface area contributed by atoms with Crippen LogP contribution in [0.5, 0.6) is 0 Å². The molecule has 4 heterocycles. The van der Waals surface area contributed by atoms with Gasteiger partial charge in [0.25, 0.3) is 0 Å². The lowest BCUT2D eigenvalue weighted by Crippen LogP contribution is -2.52. The molecule has 8 nitrogen and oxygen atoms in total. The standard InChI is InChI=1S/C22H30N6O2S/c1-14-9-18(10-15(2)24-14)12-28-13-22(26-21(28)30)5-7-27(8-6-22)16(3)19-11-23-20(31-19)25-17(4)29/h9-11,16H,5-8,12-13H2,1-4H3,(H,26,30)(H,23,25,29)/t16-/m0/s1. The Morgan fingerprint density at radius 1 is 1.29 bits per heavy atom. The monoisotopic (exact) mass is 442 g/mol. The van der Waals surface area contributed by atoms with E-state index in [1.165, 1.54) is 18.3 Å². The fourth-order valence-corrected chi connectivity index (χ4v) is 5.58. The van der Waals surface area contributed by atoms with E-state index in [2.05, 4.69) is 44.6 Å². The van der Waals surface area contributed by atoms with Crippen LogP contribution in [0.4, 0.5) is 9.93 Å². The van der Waals surface area contributed by atoms with Crippen molar-refractivity contribution in [3.8, 4) is 0 Å². The highest BCUT2D eigenvalue weighted by atomic mass is 32.1. The molecule has 2 aromatic heterocycles. The minimum absolute atomic E-state index is 0.0241. The summed E-state index contributed by atoms with van der Waals surface area (Å²) in [5.41, 5.74) is 2.94. The molecule has 2 N–H and O–H groups in total. The number of likely N-dealkylation sites (tertiary alicyclic amines) is 1. The summed E-state index contributed by atoms with van der Waals surface area (Å²) in [6.45, 7) is 10.8. The number of nitrogens with one attached hydrogen (secondary N) is 2. The van der Waals surface area contributed by atoms with Gasteiger partial charge in [-0.25, -0.2) is 9.78 Å². The second-order valence-corrected chi connectivity index (χ2v) is 9.85. The zero-order valence-corrected chi connectivity index (χ0v) is 19.4. The van der Waals surface area contributed by atoms with Crippen LogP contribution in [0, 0.1) is 13.8 Å². The van der Waals surface area contributed by atoms with E-state index in [-0.39, 0.29) is 23.5 Å². The number of aromatic nitrogens is 2. The van der Waals surface area contributed by atoms with E-state index >= 15 is 0 Å². The maximum Gasteiger partial charge on any atom is 0.318 e. The van der Waals surface area contributed by atoms with Crippen LogP contribution in [0.2, 0.25) is 0 Å². The summed E-state index contributed by atoms with van der Waals surface area (Å²) in [6.07, 6.45) is 3.69. The number of pyridine rings is 1. The van der Waals surface area contributed by atoms with Gasteiger partial charge in [-0.15, -0.1) is 11.3 Å². The van der Waals surface area contributed by atoms with Crippen LogP contribution in [-0.2, 0) is 11.3 Å². The van der Waals surface area contributed by atoms with Gasteiger partial charge in [0, 0.05) is 61.6 Å². The number of carbonyl (C=O) groups excluding carboxylic acids is 2. The second kappa shape index (κ2) is 8.55. The normalized spacial score (nSPS) is 19.5. The molecule has 0 radical (unpaired) electrons. The summed E-state index contributed by atoms with van der Waals surface area (Å²) in [5, 5.41) is 6.68. The van der Waals surface area contributed by atoms with Gasteiger partial charge in [-0.1, -0.05) is 0 Å². The summed E-state index contributed by atoms with van der Waals surface area (Å²) >= 11 is 1.52. The second-order valence-electron chi connectivity index (χ2n) is 8.79. The largest absolute Gasteiger partial charge is 0.331 e. The molecule has 1 atom stereocenters. The average Bonchev–Trinajstić information content (AvgIpc) is 3.25. The highest BCUT2D eigenvalue weighted by Crippen LogP contribution is 2.35. The molecule has 3 amide bonds. The van der Waals surface area contributed by atoms with Gasteiger partial charge in [-0.2, -0.15) is 0 Å². The molecule has 0 saturated carbocycles. The highest BCUT2D eigenvalue weighted by Gasteiger charge is 2.44. The first-order valence-electron chi connectivity index (χ1n) is 10.7. The van der Waals surface area contributed by atoms with E-state index in [0.29, 0.717) is 11.7 Å². The summed E-state index contributed by atoms with van der Waals surface area (Å²) in [5.74, 6) is -0.105. The van der Waals surface area contributed by atoms with Gasteiger partial charge in [0.2, 0.25) is 5.91 Å². The first-order valence-corrected chi connectivity index (χ1v) is 11.5. The molecule has 0 unspecified atom stereocenters. The number of aryl methyl sites for hydroxylation is 2. The van der Waals surface area contributed by atoms with Crippen molar-refractivity contribution < 1.29 is 9.59 Å². The van der Waals surface area contributed by atoms with Crippen molar-refractivity contribution in [3.05, 3.63) is 40.2 Å². The van der Waals surface area contributed by atoms with Crippen LogP contribution in [0.25, 0.3) is 0 Å². The molecule has 1 spiro atoms. The highest BCUT2D eigenvalue weighted by molar-refractivity contribution is 7.15. The van der Waals surface area contributed by atoms with E-state index in [0.717, 1.165) is 54.3 Å². The van der Waals surface area contributed by atoms with Crippen LogP contribution >= 0.6 is 11.3 Å². The molecule has 4 rings (SSSR count). The number of rotatable bonds is 5. The van der Waals surface area contributed by atoms with Gasteiger partial charge < -0.3 is 15.5 Å². The van der Waals surface area contributed by atoms with E-state index in [1.54, 1.807) is 0 Å². The Hall–Kier alpha value is -2.52. The van der Waals surface area contributed by atoms with Crippen LogP contribution in [0.15, 0.2) is 18.3 Å². The van der Waals surface area contributed by atoms with Crippen molar-refractivity contribution in [2.24, 2.45) is 0 Å². The number of nitrogens with zero attached hydrogens (tertiary/aromatic N) is 4. The minimum atomic E-state index is -0.153. The lowest BCUT2D eigenvalue weighted by atomic mass is 9.87. The fourth-order valence-electron chi connectivity index (χ4n) is 4.63. The number of urea groups is 1. The summed E-state index contributed by atoms with van der Waals surface area (Å²) in [7, 11) is 0. The van der Waals surface area contributed by atoms with Crippen molar-refractivity contribution in [2.45, 2.75) is 58.7 Å². The van der Waals surface area contributed by atoms with Gasteiger partial charge in [0.15, 0.2) is 5.13 Å². The fraction of sp³-hybridized carbons (Fsp3) is 0.545. The predicted octanol–water partition coefficient (Wildman–Crippen LogP) is 3.23. The Balaban J connectivity index is 1.36. The maximum atomic E-state index is 12.7. The molecule has 0 aromatic carbocycles. The molecule has 2 saturated heterocycles. The van der Waals surface area contributed by atoms with Crippen molar-refractivity contribution in [1.29, 1.82) is 0 Å². The van der Waals surface area contributed by atoms with E-state index in [4.69, 9.17) is 0 Å². The van der Waals surface area contributed by atoms with E-state index < -0.39 is 0 Å². The Kier molecular flexibility index (Phi) is 5.98. The molecular weight excluding hydrogens is 412 g/mol. The lowest BCUT2D eigenvalue weighted by molar-refractivity contribution is -0.114. The molecule has 2 fully saturated rings. The van der Waals surface area contributed by atoms with E-state index in [9.17, 15) is 9.59 Å². The number of amides is 3. The third-order valence-electron chi connectivity index (χ3n) is 6.19. The zero-order chi connectivity index (χ0) is 22.2. The molecule has 166 valence electrons. The van der Waals surface area contributed by atoms with Gasteiger partial charge >= 0.3 is 6.03 Å². The summed E-state index contributed by atoms with van der Waals surface area (Å²) in [6, 6.07) is 4.36. The zero-order valence-electron chi connectivity index (χ0n) is 18.6. The quantitative estimate of drug-likeness (QED) is 0.742. The first-order chi connectivity index (χ1) is 14.7.